The molecule has 0 radical (unpaired) electrons. The van der Waals surface area contributed by atoms with Crippen LogP contribution in [0.5, 0.6) is 0 Å². The van der Waals surface area contributed by atoms with E-state index in [-0.39, 0.29) is 5.97 Å². The Kier molecular flexibility index (Phi) is 11.6. The third-order valence-corrected chi connectivity index (χ3v) is 2.52. The second kappa shape index (κ2) is 13.1. The predicted molar refractivity (Wildman–Crippen MR) is 92.9 cm³/mol. The van der Waals surface area contributed by atoms with Crippen LogP contribution in [0.2, 0.25) is 0 Å². The van der Waals surface area contributed by atoms with Crippen molar-refractivity contribution in [1.29, 1.82) is 0 Å². The van der Waals surface area contributed by atoms with E-state index < -0.39 is 5.97 Å². The van der Waals surface area contributed by atoms with E-state index in [4.69, 9.17) is 9.84 Å². The number of carboxylic acid groups (broad SMARTS) is 1. The molecule has 1 N–H and O–H groups in total. The highest BCUT2D eigenvalue weighted by molar-refractivity contribution is 5.86. The molecule has 0 atom stereocenters. The van der Waals surface area contributed by atoms with Crippen LogP contribution in [-0.2, 0) is 14.3 Å². The first kappa shape index (κ1) is 20.4. The van der Waals surface area contributed by atoms with Crippen LogP contribution in [0.15, 0.2) is 60.7 Å². The molecule has 0 saturated heterocycles. The summed E-state index contributed by atoms with van der Waals surface area (Å²) in [6.45, 7) is 7.67. The van der Waals surface area contributed by atoms with Gasteiger partial charge in [0.15, 0.2) is 0 Å². The molecule has 23 heavy (non-hydrogen) atoms. The molecule has 0 bridgehead atoms. The molecule has 0 spiro atoms. The van der Waals surface area contributed by atoms with Crippen LogP contribution < -0.4 is 0 Å². The van der Waals surface area contributed by atoms with E-state index in [1.165, 1.54) is 6.08 Å². The summed E-state index contributed by atoms with van der Waals surface area (Å²) in [5.74, 6) is -1.22. The van der Waals surface area contributed by atoms with Crippen LogP contribution in [0.3, 0.4) is 0 Å². The number of unbranched alkanes of at least 4 members (excludes halogenated alkanes) is 1. The van der Waals surface area contributed by atoms with Gasteiger partial charge < -0.3 is 9.84 Å². The third kappa shape index (κ3) is 12.8. The lowest BCUT2D eigenvalue weighted by molar-refractivity contribution is -0.139. The Labute approximate surface area is 137 Å². The average molecular weight is 316 g/mol. The molecule has 0 amide bonds. The summed E-state index contributed by atoms with van der Waals surface area (Å²) in [5, 5.41) is 8.29. The van der Waals surface area contributed by atoms with Gasteiger partial charge in [0, 0.05) is 11.6 Å². The number of aliphatic carboxylic acids is 1. The van der Waals surface area contributed by atoms with Gasteiger partial charge in [-0.2, -0.15) is 0 Å². The normalized spacial score (nSPS) is 10.2. The number of rotatable bonds is 7. The fraction of sp³-hybridized carbons (Fsp3) is 0.263. The third-order valence-electron chi connectivity index (χ3n) is 2.52. The summed E-state index contributed by atoms with van der Waals surface area (Å²) >= 11 is 0. The highest BCUT2D eigenvalue weighted by Gasteiger charge is 2.00. The highest BCUT2D eigenvalue weighted by atomic mass is 16.5. The Balaban J connectivity index is 0.000000438. The molecule has 0 heterocycles. The van der Waals surface area contributed by atoms with Crippen LogP contribution in [0.4, 0.5) is 0 Å². The average Bonchev–Trinajstić information content (AvgIpc) is 2.53. The van der Waals surface area contributed by atoms with E-state index in [0.29, 0.717) is 12.2 Å². The molecule has 4 heteroatoms. The van der Waals surface area contributed by atoms with Crippen molar-refractivity contribution in [2.75, 3.05) is 6.61 Å². The fourth-order valence-corrected chi connectivity index (χ4v) is 1.30. The Bertz CT molecular complexity index is 542. The van der Waals surface area contributed by atoms with Crippen LogP contribution in [-0.4, -0.2) is 23.7 Å². The zero-order chi connectivity index (χ0) is 17.5. The van der Waals surface area contributed by atoms with Crippen molar-refractivity contribution in [3.05, 3.63) is 66.3 Å². The number of hydrogen-bond donors (Lipinski definition) is 1. The SMILES string of the molecule is C=C(C)C(=O)OCCCC.O=C(O)C=CC=Cc1ccccc1. The van der Waals surface area contributed by atoms with E-state index in [0.717, 1.165) is 24.5 Å². The molecule has 0 aliphatic carbocycles. The number of benzene rings is 1. The van der Waals surface area contributed by atoms with E-state index in [1.807, 2.05) is 36.4 Å². The van der Waals surface area contributed by atoms with Gasteiger partial charge in [-0.3, -0.25) is 0 Å². The van der Waals surface area contributed by atoms with Crippen molar-refractivity contribution in [3.8, 4) is 0 Å². The minimum atomic E-state index is -0.933. The summed E-state index contributed by atoms with van der Waals surface area (Å²) in [5.41, 5.74) is 1.52. The van der Waals surface area contributed by atoms with E-state index >= 15 is 0 Å². The molecule has 0 fully saturated rings. The number of carbonyl (C=O) groups is 2. The van der Waals surface area contributed by atoms with Crippen molar-refractivity contribution in [2.45, 2.75) is 26.7 Å². The quantitative estimate of drug-likeness (QED) is 0.353. The van der Waals surface area contributed by atoms with Crippen molar-refractivity contribution in [3.63, 3.8) is 0 Å². The molecule has 0 saturated carbocycles. The molecule has 0 unspecified atom stereocenters. The number of allylic oxidation sites excluding steroid dienone is 2. The van der Waals surface area contributed by atoms with Crippen LogP contribution >= 0.6 is 0 Å². The zero-order valence-electron chi connectivity index (χ0n) is 13.7. The number of carboxylic acids is 1. The number of carbonyl (C=O) groups excluding carboxylic acids is 1. The van der Waals surface area contributed by atoms with Gasteiger partial charge >= 0.3 is 11.9 Å². The molecule has 1 aromatic carbocycles. The van der Waals surface area contributed by atoms with Crippen LogP contribution in [0.1, 0.15) is 32.3 Å². The van der Waals surface area contributed by atoms with Crippen molar-refractivity contribution >= 4 is 18.0 Å². The number of hydrogen-bond acceptors (Lipinski definition) is 3. The van der Waals surface area contributed by atoms with Crippen LogP contribution in [0.25, 0.3) is 6.08 Å². The fourth-order valence-electron chi connectivity index (χ4n) is 1.30. The number of ether oxygens (including phenoxy) is 1. The van der Waals surface area contributed by atoms with Gasteiger partial charge in [0.05, 0.1) is 6.61 Å². The molecular formula is C19H24O4. The van der Waals surface area contributed by atoms with Crippen LogP contribution in [0, 0.1) is 0 Å². The Hall–Kier alpha value is -2.62. The summed E-state index contributed by atoms with van der Waals surface area (Å²) in [6, 6.07) is 9.70. The van der Waals surface area contributed by atoms with Gasteiger partial charge in [0.2, 0.25) is 0 Å². The molecule has 4 nitrogen and oxygen atoms in total. The second-order valence-corrected chi connectivity index (χ2v) is 4.74. The maximum atomic E-state index is 10.7. The maximum absolute atomic E-state index is 10.7. The van der Waals surface area contributed by atoms with Gasteiger partial charge in [-0.05, 0) is 18.9 Å². The molecule has 1 rings (SSSR count). The lowest BCUT2D eigenvalue weighted by Crippen LogP contribution is -2.05. The lowest BCUT2D eigenvalue weighted by Gasteiger charge is -2.01. The molecule has 0 aliphatic heterocycles. The van der Waals surface area contributed by atoms with Gasteiger partial charge in [-0.1, -0.05) is 68.5 Å². The van der Waals surface area contributed by atoms with Gasteiger partial charge in [-0.25, -0.2) is 9.59 Å². The first-order valence-corrected chi connectivity index (χ1v) is 7.42. The predicted octanol–water partition coefficient (Wildman–Crippen LogP) is 4.25. The highest BCUT2D eigenvalue weighted by Crippen LogP contribution is 2.00. The minimum Gasteiger partial charge on any atom is -0.478 e. The smallest absolute Gasteiger partial charge is 0.333 e. The Morgan fingerprint density at radius 1 is 1.22 bits per heavy atom. The van der Waals surface area contributed by atoms with Gasteiger partial charge in [0.25, 0.3) is 0 Å². The molecule has 1 aromatic rings. The van der Waals surface area contributed by atoms with E-state index in [9.17, 15) is 9.59 Å². The summed E-state index contributed by atoms with van der Waals surface area (Å²) in [7, 11) is 0. The topological polar surface area (TPSA) is 63.6 Å². The molecule has 0 aromatic heterocycles. The first-order chi connectivity index (χ1) is 11.0. The number of esters is 1. The van der Waals surface area contributed by atoms with Crippen molar-refractivity contribution in [2.24, 2.45) is 0 Å². The standard InChI is InChI=1S/C11H10O2.C8H14O2/c12-11(13)9-5-4-8-10-6-2-1-3-7-10;1-4-5-6-10-8(9)7(2)3/h1-9H,(H,12,13);2,4-6H2,1,3H3. The largest absolute Gasteiger partial charge is 0.478 e. The Morgan fingerprint density at radius 3 is 2.39 bits per heavy atom. The Morgan fingerprint density at radius 2 is 1.87 bits per heavy atom. The van der Waals surface area contributed by atoms with Gasteiger partial charge in [0.1, 0.15) is 0 Å². The second-order valence-electron chi connectivity index (χ2n) is 4.74. The molecule has 0 aliphatic rings. The van der Waals surface area contributed by atoms with Crippen molar-refractivity contribution in [1.82, 2.24) is 0 Å². The van der Waals surface area contributed by atoms with Gasteiger partial charge in [-0.15, -0.1) is 0 Å². The monoisotopic (exact) mass is 316 g/mol. The first-order valence-electron chi connectivity index (χ1n) is 7.42. The molecular weight excluding hydrogens is 292 g/mol. The summed E-state index contributed by atoms with van der Waals surface area (Å²) < 4.78 is 4.81. The summed E-state index contributed by atoms with van der Waals surface area (Å²) in [4.78, 5) is 20.8. The van der Waals surface area contributed by atoms with E-state index in [1.54, 1.807) is 13.0 Å². The van der Waals surface area contributed by atoms with Crippen molar-refractivity contribution < 1.29 is 19.4 Å². The zero-order valence-corrected chi connectivity index (χ0v) is 13.7. The minimum absolute atomic E-state index is 0.284. The van der Waals surface area contributed by atoms with E-state index in [2.05, 4.69) is 13.5 Å². The molecule has 124 valence electrons. The lowest BCUT2D eigenvalue weighted by atomic mass is 10.2. The maximum Gasteiger partial charge on any atom is 0.333 e. The summed E-state index contributed by atoms with van der Waals surface area (Å²) in [6.07, 6.45) is 8.11.